The minimum Gasteiger partial charge on any atom is -0.493 e. The lowest BCUT2D eigenvalue weighted by Gasteiger charge is -2.48. The number of rotatable bonds is 10. The predicted octanol–water partition coefficient (Wildman–Crippen LogP) is 5.77. The van der Waals surface area contributed by atoms with Crippen molar-refractivity contribution in [3.8, 4) is 11.5 Å². The molecule has 6 rings (SSSR count). The van der Waals surface area contributed by atoms with Gasteiger partial charge in [-0.25, -0.2) is 4.79 Å². The van der Waals surface area contributed by atoms with E-state index < -0.39 is 34.5 Å². The zero-order valence-corrected chi connectivity index (χ0v) is 26.4. The number of nitrogens with zero attached hydrogens (tertiary/aromatic N) is 1. The van der Waals surface area contributed by atoms with Gasteiger partial charge in [-0.1, -0.05) is 97.1 Å². The molecule has 0 aromatic heterocycles. The highest BCUT2D eigenvalue weighted by atomic mass is 32.2. The molecule has 0 radical (unpaired) electrons. The van der Waals surface area contributed by atoms with Crippen LogP contribution in [0.1, 0.15) is 45.5 Å². The average molecular weight is 645 g/mol. The van der Waals surface area contributed by atoms with Crippen molar-refractivity contribution in [3.63, 3.8) is 0 Å². The predicted molar refractivity (Wildman–Crippen MR) is 170 cm³/mol. The molecule has 3 atom stereocenters. The van der Waals surface area contributed by atoms with Crippen molar-refractivity contribution < 1.29 is 36.3 Å². The van der Waals surface area contributed by atoms with Crippen molar-refractivity contribution in [2.45, 2.75) is 44.9 Å². The molecule has 0 aliphatic carbocycles. The van der Waals surface area contributed by atoms with Crippen molar-refractivity contribution in [1.29, 1.82) is 0 Å². The van der Waals surface area contributed by atoms with Crippen molar-refractivity contribution in [3.05, 3.63) is 130 Å². The van der Waals surface area contributed by atoms with Gasteiger partial charge in [-0.05, 0) is 34.7 Å². The number of benzene rings is 4. The van der Waals surface area contributed by atoms with E-state index in [9.17, 15) is 13.2 Å². The lowest BCUT2D eigenvalue weighted by Crippen LogP contribution is -2.59. The van der Waals surface area contributed by atoms with E-state index in [1.807, 2.05) is 104 Å². The van der Waals surface area contributed by atoms with Crippen LogP contribution in [-0.4, -0.2) is 45.8 Å². The summed E-state index contributed by atoms with van der Waals surface area (Å²) < 4.78 is 57.9. The molecule has 2 heterocycles. The molecule has 2 aliphatic heterocycles. The van der Waals surface area contributed by atoms with E-state index in [2.05, 4.69) is 4.72 Å². The number of hydrogen-bond acceptors (Lipinski definition) is 8. The Bertz CT molecular complexity index is 1750. The van der Waals surface area contributed by atoms with Crippen LogP contribution < -0.4 is 14.2 Å². The number of hydrogen-bond donors (Lipinski definition) is 1. The van der Waals surface area contributed by atoms with Gasteiger partial charge in [0.15, 0.2) is 11.5 Å². The van der Waals surface area contributed by atoms with E-state index in [0.29, 0.717) is 29.2 Å². The number of ether oxygens (including phenoxy) is 4. The molecule has 1 saturated heterocycles. The Kier molecular flexibility index (Phi) is 9.55. The quantitative estimate of drug-likeness (QED) is 0.232. The van der Waals surface area contributed by atoms with Crippen molar-refractivity contribution in [2.24, 2.45) is 0 Å². The molecule has 240 valence electrons. The van der Waals surface area contributed by atoms with Crippen LogP contribution in [0.4, 0.5) is 4.79 Å². The first-order valence-corrected chi connectivity index (χ1v) is 16.4. The Morgan fingerprint density at radius 1 is 0.870 bits per heavy atom. The van der Waals surface area contributed by atoms with E-state index in [4.69, 9.17) is 23.1 Å². The standard InChI is InChI=1S/C35H36N2O8S/c1-24-18-28-31(34(33(24)41-2)43-20-26-14-8-4-9-15-26)29(22-42-19-25-12-6-3-7-13-25)37(30-23-45-46(39,40)36-32(28)30)35(38)44-21-27-16-10-5-11-17-27/h3-18,29-30,32,36H,19-23H2,1-2H3/t29-,30+,32?/m0/s1. The van der Waals surface area contributed by atoms with Crippen LogP contribution in [-0.2, 0) is 43.8 Å². The first-order chi connectivity index (χ1) is 22.3. The molecule has 2 aliphatic rings. The summed E-state index contributed by atoms with van der Waals surface area (Å²) in [5.41, 5.74) is 4.68. The molecule has 4 aromatic carbocycles. The van der Waals surface area contributed by atoms with Crippen molar-refractivity contribution in [1.82, 2.24) is 9.62 Å². The summed E-state index contributed by atoms with van der Waals surface area (Å²) in [4.78, 5) is 15.6. The van der Waals surface area contributed by atoms with Gasteiger partial charge in [0, 0.05) is 5.56 Å². The second-order valence-corrected chi connectivity index (χ2v) is 12.6. The molecular weight excluding hydrogens is 608 g/mol. The van der Waals surface area contributed by atoms with Crippen LogP contribution in [0.5, 0.6) is 11.5 Å². The second-order valence-electron chi connectivity index (χ2n) is 11.2. The highest BCUT2D eigenvalue weighted by Crippen LogP contribution is 2.50. The maximum atomic E-state index is 14.1. The molecule has 46 heavy (non-hydrogen) atoms. The molecule has 0 bridgehead atoms. The van der Waals surface area contributed by atoms with E-state index in [0.717, 1.165) is 22.3 Å². The third-order valence-corrected chi connectivity index (χ3v) is 9.13. The SMILES string of the molecule is COc1c(C)cc2c(c1OCc1ccccc1)[C@H](COCc1ccccc1)N(C(=O)OCc1ccccc1)[C@@H]1COS(=O)(=O)NC21. The first kappa shape index (κ1) is 31.6. The maximum Gasteiger partial charge on any atom is 0.411 e. The fourth-order valence-corrected chi connectivity index (χ4v) is 7.01. The molecule has 0 spiro atoms. The van der Waals surface area contributed by atoms with Crippen LogP contribution in [0.3, 0.4) is 0 Å². The molecule has 1 N–H and O–H groups in total. The Balaban J connectivity index is 1.45. The lowest BCUT2D eigenvalue weighted by molar-refractivity contribution is -0.0128. The van der Waals surface area contributed by atoms with Crippen LogP contribution in [0.15, 0.2) is 97.1 Å². The molecule has 1 amide bonds. The van der Waals surface area contributed by atoms with E-state index >= 15 is 0 Å². The van der Waals surface area contributed by atoms with E-state index in [1.54, 1.807) is 7.11 Å². The number of methoxy groups -OCH3 is 1. The van der Waals surface area contributed by atoms with Crippen LogP contribution in [0.2, 0.25) is 0 Å². The summed E-state index contributed by atoms with van der Waals surface area (Å²) in [6, 6.07) is 28.3. The van der Waals surface area contributed by atoms with Gasteiger partial charge >= 0.3 is 16.4 Å². The average Bonchev–Trinajstić information content (AvgIpc) is 3.07. The molecule has 0 saturated carbocycles. The summed E-state index contributed by atoms with van der Waals surface area (Å²) in [5.74, 6) is 0.883. The number of nitrogens with one attached hydrogen (secondary N) is 1. The van der Waals surface area contributed by atoms with Gasteiger partial charge in [-0.3, -0.25) is 9.08 Å². The largest absolute Gasteiger partial charge is 0.493 e. The highest BCUT2D eigenvalue weighted by molar-refractivity contribution is 7.84. The molecular formula is C35H36N2O8S. The summed E-state index contributed by atoms with van der Waals surface area (Å²) in [5, 5.41) is 0. The second kappa shape index (κ2) is 13.9. The zero-order chi connectivity index (χ0) is 32.1. The van der Waals surface area contributed by atoms with Gasteiger partial charge in [0.1, 0.15) is 13.2 Å². The number of aryl methyl sites for hydroxylation is 1. The van der Waals surface area contributed by atoms with Crippen LogP contribution in [0.25, 0.3) is 0 Å². The molecule has 4 aromatic rings. The molecule has 1 fully saturated rings. The fourth-order valence-electron chi connectivity index (χ4n) is 6.02. The Labute approximate surface area is 269 Å². The normalized spacial score (nSPS) is 19.9. The third kappa shape index (κ3) is 6.87. The van der Waals surface area contributed by atoms with Gasteiger partial charge in [0.25, 0.3) is 0 Å². The number of carbonyl (C=O) groups is 1. The smallest absolute Gasteiger partial charge is 0.411 e. The van der Waals surface area contributed by atoms with Gasteiger partial charge in [0.05, 0.1) is 45.1 Å². The van der Waals surface area contributed by atoms with Crippen LogP contribution >= 0.6 is 0 Å². The zero-order valence-electron chi connectivity index (χ0n) is 25.6. The summed E-state index contributed by atoms with van der Waals surface area (Å²) in [7, 11) is -2.54. The topological polar surface area (TPSA) is 113 Å². The van der Waals surface area contributed by atoms with Gasteiger partial charge in [0.2, 0.25) is 0 Å². The first-order valence-electron chi connectivity index (χ1n) is 15.0. The van der Waals surface area contributed by atoms with Crippen molar-refractivity contribution in [2.75, 3.05) is 20.3 Å². The van der Waals surface area contributed by atoms with Crippen molar-refractivity contribution >= 4 is 16.4 Å². The highest BCUT2D eigenvalue weighted by Gasteiger charge is 2.50. The fraction of sp³-hybridized carbons (Fsp3) is 0.286. The lowest BCUT2D eigenvalue weighted by atomic mass is 9.83. The van der Waals surface area contributed by atoms with Gasteiger partial charge < -0.3 is 18.9 Å². The molecule has 11 heteroatoms. The van der Waals surface area contributed by atoms with Gasteiger partial charge in [-0.15, -0.1) is 0 Å². The van der Waals surface area contributed by atoms with Crippen LogP contribution in [0, 0.1) is 6.92 Å². The summed E-state index contributed by atoms with van der Waals surface area (Å²) in [6.07, 6.45) is -0.643. The summed E-state index contributed by atoms with van der Waals surface area (Å²) in [6.45, 7) is 2.20. The molecule has 10 nitrogen and oxygen atoms in total. The Morgan fingerprint density at radius 2 is 1.46 bits per heavy atom. The monoisotopic (exact) mass is 644 g/mol. The summed E-state index contributed by atoms with van der Waals surface area (Å²) >= 11 is 0. The Hall–Kier alpha value is -4.42. The maximum absolute atomic E-state index is 14.1. The minimum absolute atomic E-state index is 0.0270. The number of fused-ring (bicyclic) bond motifs is 3. The third-order valence-electron chi connectivity index (χ3n) is 8.14. The molecule has 1 unspecified atom stereocenters. The number of amides is 1. The van der Waals surface area contributed by atoms with E-state index in [-0.39, 0.29) is 26.4 Å². The Morgan fingerprint density at radius 3 is 2.07 bits per heavy atom. The van der Waals surface area contributed by atoms with Gasteiger partial charge in [-0.2, -0.15) is 13.1 Å². The number of carbonyl (C=O) groups excluding carboxylic acids is 1. The van der Waals surface area contributed by atoms with E-state index in [1.165, 1.54) is 4.90 Å². The minimum atomic E-state index is -4.10.